The summed E-state index contributed by atoms with van der Waals surface area (Å²) in [6.45, 7) is 3.35. The molecule has 0 spiro atoms. The number of rotatable bonds is 5. The fourth-order valence-electron chi connectivity index (χ4n) is 1.99. The zero-order chi connectivity index (χ0) is 17.0. The molecule has 0 atom stereocenters. The molecule has 0 aliphatic heterocycles. The number of hydrogen-bond donors (Lipinski definition) is 1. The van der Waals surface area contributed by atoms with E-state index in [1.165, 1.54) is 0 Å². The molecule has 6 heteroatoms. The van der Waals surface area contributed by atoms with E-state index in [9.17, 15) is 5.11 Å². The van der Waals surface area contributed by atoms with Crippen LogP contribution in [0.15, 0.2) is 60.8 Å². The van der Waals surface area contributed by atoms with Crippen molar-refractivity contribution in [2.75, 3.05) is 0 Å². The molecule has 2 heterocycles. The predicted octanol–water partition coefficient (Wildman–Crippen LogP) is 4.09. The molecule has 0 saturated heterocycles. The van der Waals surface area contributed by atoms with Crippen molar-refractivity contribution in [1.82, 2.24) is 9.97 Å². The number of nitrogens with zero attached hydrogens (tertiary/aromatic N) is 2. The molecule has 1 aromatic carbocycles. The van der Waals surface area contributed by atoms with Gasteiger partial charge in [-0.2, -0.15) is 6.07 Å². The fraction of sp³-hybridized carbons (Fsp3) is 0.158. The van der Waals surface area contributed by atoms with Gasteiger partial charge in [0, 0.05) is 50.9 Å². The van der Waals surface area contributed by atoms with Gasteiger partial charge >= 0.3 is 0 Å². The molecule has 5 nitrogen and oxygen atoms in total. The van der Waals surface area contributed by atoms with Crippen LogP contribution in [0.4, 0.5) is 0 Å². The Morgan fingerprint density at radius 1 is 0.880 bits per heavy atom. The van der Waals surface area contributed by atoms with Gasteiger partial charge in [-0.05, 0) is 26.0 Å². The topological polar surface area (TPSA) is 64.5 Å². The van der Waals surface area contributed by atoms with Crippen LogP contribution in [0.1, 0.15) is 19.5 Å². The van der Waals surface area contributed by atoms with Gasteiger partial charge in [0.15, 0.2) is 0 Å². The first-order chi connectivity index (χ1) is 11.5. The molecule has 0 unspecified atom stereocenters. The van der Waals surface area contributed by atoms with Gasteiger partial charge in [0.2, 0.25) is 11.8 Å². The smallest absolute Gasteiger partial charge is 0.216 e. The third kappa shape index (κ3) is 5.38. The van der Waals surface area contributed by atoms with Crippen molar-refractivity contribution in [2.45, 2.75) is 19.4 Å². The van der Waals surface area contributed by atoms with E-state index in [1.807, 2.05) is 12.1 Å². The summed E-state index contributed by atoms with van der Waals surface area (Å²) in [5.41, 5.74) is -0.506. The normalized spacial score (nSPS) is 10.7. The summed E-state index contributed by atoms with van der Waals surface area (Å²) in [4.78, 5) is 8.41. The molecule has 3 aromatic rings. The Bertz CT molecular complexity index is 820. The van der Waals surface area contributed by atoms with E-state index in [0.29, 0.717) is 29.0 Å². The fourth-order valence-corrected chi connectivity index (χ4v) is 1.99. The predicted molar refractivity (Wildman–Crippen MR) is 89.1 cm³/mol. The molecule has 0 radical (unpaired) electrons. The summed E-state index contributed by atoms with van der Waals surface area (Å²) in [6.07, 6.45) is 1.65. The average Bonchev–Trinajstić information content (AvgIpc) is 2.56. The van der Waals surface area contributed by atoms with Gasteiger partial charge in [0.05, 0.1) is 5.69 Å². The van der Waals surface area contributed by atoms with Gasteiger partial charge < -0.3 is 14.6 Å². The third-order valence-electron chi connectivity index (χ3n) is 3.16. The number of hydrogen-bond acceptors (Lipinski definition) is 5. The Morgan fingerprint density at radius 2 is 1.52 bits per heavy atom. The quantitative estimate of drug-likeness (QED) is 0.518. The van der Waals surface area contributed by atoms with Gasteiger partial charge in [-0.15, -0.1) is 12.1 Å². The molecular formula is C19H17N2O3Pt-. The van der Waals surface area contributed by atoms with Crippen molar-refractivity contribution in [3.8, 4) is 23.3 Å². The van der Waals surface area contributed by atoms with Gasteiger partial charge in [-0.25, -0.2) is 9.97 Å². The Labute approximate surface area is 160 Å². The van der Waals surface area contributed by atoms with Crippen molar-refractivity contribution < 1.29 is 35.6 Å². The number of aliphatic hydroxyl groups is 1. The van der Waals surface area contributed by atoms with Crippen LogP contribution in [0.25, 0.3) is 0 Å². The second-order valence-corrected chi connectivity index (χ2v) is 5.67. The second kappa shape index (κ2) is 8.23. The van der Waals surface area contributed by atoms with Crippen LogP contribution < -0.4 is 9.47 Å². The van der Waals surface area contributed by atoms with Gasteiger partial charge in [-0.3, -0.25) is 0 Å². The maximum Gasteiger partial charge on any atom is 0.216 e. The molecule has 3 rings (SSSR count). The zero-order valence-electron chi connectivity index (χ0n) is 13.7. The van der Waals surface area contributed by atoms with Crippen LogP contribution in [0.5, 0.6) is 23.3 Å². The van der Waals surface area contributed by atoms with Crippen molar-refractivity contribution in [3.63, 3.8) is 0 Å². The average molecular weight is 516 g/mol. The Balaban J connectivity index is 0.00000225. The Kier molecular flexibility index (Phi) is 6.29. The molecule has 0 fully saturated rings. The van der Waals surface area contributed by atoms with E-state index in [0.717, 1.165) is 0 Å². The van der Waals surface area contributed by atoms with Crippen LogP contribution in [-0.2, 0) is 26.7 Å². The van der Waals surface area contributed by atoms with Crippen LogP contribution >= 0.6 is 0 Å². The minimum Gasteiger partial charge on any atom is -0.466 e. The molecule has 25 heavy (non-hydrogen) atoms. The van der Waals surface area contributed by atoms with Crippen LogP contribution in [-0.4, -0.2) is 15.1 Å². The molecule has 0 aliphatic rings. The van der Waals surface area contributed by atoms with Gasteiger partial charge in [0.25, 0.3) is 0 Å². The first-order valence-electron chi connectivity index (χ1n) is 7.50. The number of benzene rings is 1. The number of pyridine rings is 2. The molecular weight excluding hydrogens is 499 g/mol. The standard InChI is InChI=1S/C19H17N2O3.Pt/c1-19(2,22)16-9-6-11-18(21-16)24-15-8-5-7-14(13-15)23-17-10-3-4-12-20-17;/h3-12,22H,1-2H3;/q-1;. The summed E-state index contributed by atoms with van der Waals surface area (Å²) in [7, 11) is 0. The van der Waals surface area contributed by atoms with E-state index in [-0.39, 0.29) is 21.1 Å². The summed E-state index contributed by atoms with van der Waals surface area (Å²) in [6, 6.07) is 19.0. The van der Waals surface area contributed by atoms with Gasteiger partial charge in [-0.1, -0.05) is 18.2 Å². The maximum atomic E-state index is 10.0. The Morgan fingerprint density at radius 3 is 2.16 bits per heavy atom. The van der Waals surface area contributed by atoms with Crippen molar-refractivity contribution in [2.24, 2.45) is 0 Å². The van der Waals surface area contributed by atoms with E-state index in [1.54, 1.807) is 62.5 Å². The SMILES string of the molecule is CC(C)(O)c1cccc(Oc2[c-]c(Oc3ccccn3)ccc2)n1.[Pt]. The largest absolute Gasteiger partial charge is 0.466 e. The third-order valence-corrected chi connectivity index (χ3v) is 3.16. The Hall–Kier alpha value is -2.23. The van der Waals surface area contributed by atoms with Crippen molar-refractivity contribution in [1.29, 1.82) is 0 Å². The van der Waals surface area contributed by atoms with E-state index in [4.69, 9.17) is 9.47 Å². The monoisotopic (exact) mass is 516 g/mol. The first-order valence-corrected chi connectivity index (χ1v) is 7.50. The van der Waals surface area contributed by atoms with E-state index in [2.05, 4.69) is 16.0 Å². The summed E-state index contributed by atoms with van der Waals surface area (Å²) < 4.78 is 11.3. The van der Waals surface area contributed by atoms with Crippen LogP contribution in [0.3, 0.4) is 0 Å². The molecule has 0 bridgehead atoms. The van der Waals surface area contributed by atoms with Gasteiger partial charge in [0.1, 0.15) is 5.60 Å². The van der Waals surface area contributed by atoms with Crippen molar-refractivity contribution in [3.05, 3.63) is 72.6 Å². The van der Waals surface area contributed by atoms with Crippen LogP contribution in [0, 0.1) is 6.07 Å². The minimum absolute atomic E-state index is 0. The summed E-state index contributed by atoms with van der Waals surface area (Å²) >= 11 is 0. The molecule has 132 valence electrons. The molecule has 1 N–H and O–H groups in total. The van der Waals surface area contributed by atoms with Crippen LogP contribution in [0.2, 0.25) is 0 Å². The van der Waals surface area contributed by atoms with Crippen molar-refractivity contribution >= 4 is 0 Å². The first kappa shape index (κ1) is 19.1. The number of aromatic nitrogens is 2. The van der Waals surface area contributed by atoms with E-state index >= 15 is 0 Å². The molecule has 2 aromatic heterocycles. The minimum atomic E-state index is -1.03. The van der Waals surface area contributed by atoms with E-state index < -0.39 is 5.60 Å². The molecule has 0 saturated carbocycles. The maximum absolute atomic E-state index is 10.0. The number of ether oxygens (including phenoxy) is 2. The summed E-state index contributed by atoms with van der Waals surface area (Å²) in [5.74, 6) is 1.81. The molecule has 0 aliphatic carbocycles. The second-order valence-electron chi connectivity index (χ2n) is 5.67. The zero-order valence-corrected chi connectivity index (χ0v) is 16.0. The molecule has 0 amide bonds. The summed E-state index contributed by atoms with van der Waals surface area (Å²) in [5, 5.41) is 10.0.